The quantitative estimate of drug-likeness (QED) is 0.415. The number of furan rings is 1. The molecule has 0 spiro atoms. The maximum Gasteiger partial charge on any atom is 0.197 e. The van der Waals surface area contributed by atoms with E-state index in [9.17, 15) is 4.39 Å². The molecule has 5 aromatic rings. The number of para-hydroxylation sites is 1. The van der Waals surface area contributed by atoms with Crippen molar-refractivity contribution in [1.29, 1.82) is 0 Å². The summed E-state index contributed by atoms with van der Waals surface area (Å²) < 4.78 is 20.6. The highest BCUT2D eigenvalue weighted by molar-refractivity contribution is 7.98. The van der Waals surface area contributed by atoms with Gasteiger partial charge in [-0.3, -0.25) is 4.40 Å². The molecule has 0 unspecified atom stereocenters. The molecule has 3 heterocycles. The second kappa shape index (κ2) is 6.51. The Balaban J connectivity index is 1.64. The van der Waals surface area contributed by atoms with Gasteiger partial charge in [-0.1, -0.05) is 36.0 Å². The molecule has 27 heavy (non-hydrogen) atoms. The van der Waals surface area contributed by atoms with Gasteiger partial charge in [-0.15, -0.1) is 10.2 Å². The van der Waals surface area contributed by atoms with Crippen LogP contribution in [-0.4, -0.2) is 19.6 Å². The van der Waals surface area contributed by atoms with Crippen LogP contribution in [0.2, 0.25) is 0 Å². The highest BCUT2D eigenvalue weighted by Crippen LogP contribution is 2.30. The van der Waals surface area contributed by atoms with Gasteiger partial charge in [-0.25, -0.2) is 9.37 Å². The molecule has 2 aromatic carbocycles. The molecule has 3 aromatic heterocycles. The topological polar surface area (TPSA) is 56.2 Å². The molecular formula is C20H13FN4OS. The standard InChI is InChI=1S/C20H13FN4OS/c21-14-9-7-13(8-10-14)12-27-20-24-23-18-15-4-1-2-5-16(15)22-19(25(18)20)17-6-3-11-26-17/h1-11H,12H2. The fraction of sp³-hybridized carbons (Fsp3) is 0.0500. The van der Waals surface area contributed by atoms with Crippen LogP contribution in [0.4, 0.5) is 4.39 Å². The van der Waals surface area contributed by atoms with Gasteiger partial charge in [0.2, 0.25) is 0 Å². The summed E-state index contributed by atoms with van der Waals surface area (Å²) in [6.45, 7) is 0. The number of benzene rings is 2. The Morgan fingerprint density at radius 1 is 0.963 bits per heavy atom. The van der Waals surface area contributed by atoms with Gasteiger partial charge >= 0.3 is 0 Å². The van der Waals surface area contributed by atoms with E-state index < -0.39 is 0 Å². The van der Waals surface area contributed by atoms with Crippen molar-refractivity contribution in [2.45, 2.75) is 10.9 Å². The molecule has 0 radical (unpaired) electrons. The summed E-state index contributed by atoms with van der Waals surface area (Å²) in [7, 11) is 0. The minimum Gasteiger partial charge on any atom is -0.461 e. The number of nitrogens with zero attached hydrogens (tertiary/aromatic N) is 4. The molecule has 5 rings (SSSR count). The van der Waals surface area contributed by atoms with E-state index in [1.165, 1.54) is 23.9 Å². The number of fused-ring (bicyclic) bond motifs is 3. The van der Waals surface area contributed by atoms with E-state index in [1.807, 2.05) is 40.8 Å². The first-order valence-corrected chi connectivity index (χ1v) is 9.33. The van der Waals surface area contributed by atoms with Crippen LogP contribution < -0.4 is 0 Å². The van der Waals surface area contributed by atoms with E-state index in [2.05, 4.69) is 10.2 Å². The van der Waals surface area contributed by atoms with Gasteiger partial charge in [0.05, 0.1) is 11.8 Å². The molecule has 0 bridgehead atoms. The van der Waals surface area contributed by atoms with Crippen LogP contribution in [0.3, 0.4) is 0 Å². The van der Waals surface area contributed by atoms with E-state index in [0.29, 0.717) is 22.5 Å². The Morgan fingerprint density at radius 2 is 1.81 bits per heavy atom. The third kappa shape index (κ3) is 2.86. The average Bonchev–Trinajstić information content (AvgIpc) is 3.37. The first-order valence-electron chi connectivity index (χ1n) is 8.34. The van der Waals surface area contributed by atoms with Crippen molar-refractivity contribution >= 4 is 28.3 Å². The van der Waals surface area contributed by atoms with Crippen LogP contribution in [0, 0.1) is 5.82 Å². The minimum atomic E-state index is -0.243. The van der Waals surface area contributed by atoms with Crippen LogP contribution in [0.25, 0.3) is 28.1 Å². The van der Waals surface area contributed by atoms with Crippen molar-refractivity contribution in [2.75, 3.05) is 0 Å². The first kappa shape index (κ1) is 16.0. The Morgan fingerprint density at radius 3 is 2.63 bits per heavy atom. The number of hydrogen-bond acceptors (Lipinski definition) is 5. The van der Waals surface area contributed by atoms with E-state index in [1.54, 1.807) is 18.4 Å². The van der Waals surface area contributed by atoms with Crippen LogP contribution in [-0.2, 0) is 5.75 Å². The maximum absolute atomic E-state index is 13.1. The van der Waals surface area contributed by atoms with Crippen molar-refractivity contribution < 1.29 is 8.81 Å². The fourth-order valence-electron chi connectivity index (χ4n) is 2.95. The molecule has 0 amide bonds. The van der Waals surface area contributed by atoms with Gasteiger partial charge in [0, 0.05) is 11.1 Å². The Hall–Kier alpha value is -3.19. The predicted octanol–water partition coefficient (Wildman–Crippen LogP) is 4.97. The second-order valence-corrected chi connectivity index (χ2v) is 6.93. The molecule has 0 aliphatic carbocycles. The summed E-state index contributed by atoms with van der Waals surface area (Å²) in [5.41, 5.74) is 2.57. The average molecular weight is 376 g/mol. The molecule has 132 valence electrons. The number of thioether (sulfide) groups is 1. The van der Waals surface area contributed by atoms with Gasteiger partial charge < -0.3 is 4.42 Å². The van der Waals surface area contributed by atoms with Crippen LogP contribution in [0.5, 0.6) is 0 Å². The number of halogens is 1. The zero-order chi connectivity index (χ0) is 18.2. The highest BCUT2D eigenvalue weighted by atomic mass is 32.2. The number of rotatable bonds is 4. The molecule has 0 atom stereocenters. The summed E-state index contributed by atoms with van der Waals surface area (Å²) in [5.74, 6) is 1.70. The third-order valence-corrected chi connectivity index (χ3v) is 5.24. The Kier molecular flexibility index (Phi) is 3.86. The third-order valence-electron chi connectivity index (χ3n) is 4.24. The maximum atomic E-state index is 13.1. The van der Waals surface area contributed by atoms with E-state index >= 15 is 0 Å². The lowest BCUT2D eigenvalue weighted by atomic mass is 10.2. The SMILES string of the molecule is Fc1ccc(CSc2nnc3c4ccccc4nc(-c4ccco4)n23)cc1. The summed E-state index contributed by atoms with van der Waals surface area (Å²) in [6, 6.07) is 18.0. The van der Waals surface area contributed by atoms with E-state index in [-0.39, 0.29) is 5.82 Å². The molecule has 5 nitrogen and oxygen atoms in total. The van der Waals surface area contributed by atoms with Crippen LogP contribution >= 0.6 is 11.8 Å². The van der Waals surface area contributed by atoms with Gasteiger partial charge in [0.1, 0.15) is 5.82 Å². The Bertz CT molecular complexity index is 1230. The lowest BCUT2D eigenvalue weighted by Gasteiger charge is -2.07. The number of hydrogen-bond donors (Lipinski definition) is 0. The summed E-state index contributed by atoms with van der Waals surface area (Å²) >= 11 is 1.52. The van der Waals surface area contributed by atoms with Crippen molar-refractivity contribution in [3.05, 3.63) is 78.3 Å². The molecule has 0 N–H and O–H groups in total. The van der Waals surface area contributed by atoms with E-state index in [4.69, 9.17) is 9.40 Å². The highest BCUT2D eigenvalue weighted by Gasteiger charge is 2.18. The fourth-order valence-corrected chi connectivity index (χ4v) is 3.84. The van der Waals surface area contributed by atoms with Gasteiger partial charge in [-0.2, -0.15) is 0 Å². The van der Waals surface area contributed by atoms with Crippen LogP contribution in [0.15, 0.2) is 76.5 Å². The van der Waals surface area contributed by atoms with Crippen molar-refractivity contribution in [2.24, 2.45) is 0 Å². The lowest BCUT2D eigenvalue weighted by Crippen LogP contribution is -1.98. The van der Waals surface area contributed by atoms with Crippen molar-refractivity contribution in [1.82, 2.24) is 19.6 Å². The van der Waals surface area contributed by atoms with Crippen LogP contribution in [0.1, 0.15) is 5.56 Å². The molecule has 0 saturated heterocycles. The Labute approximate surface area is 157 Å². The normalized spacial score (nSPS) is 11.4. The van der Waals surface area contributed by atoms with Gasteiger partial charge in [0.25, 0.3) is 0 Å². The zero-order valence-corrected chi connectivity index (χ0v) is 14.9. The smallest absolute Gasteiger partial charge is 0.197 e. The van der Waals surface area contributed by atoms with Crippen molar-refractivity contribution in [3.8, 4) is 11.6 Å². The first-order chi connectivity index (χ1) is 13.3. The summed E-state index contributed by atoms with van der Waals surface area (Å²) in [6.07, 6.45) is 1.62. The zero-order valence-electron chi connectivity index (χ0n) is 14.0. The van der Waals surface area contributed by atoms with Gasteiger partial charge in [0.15, 0.2) is 22.4 Å². The summed E-state index contributed by atoms with van der Waals surface area (Å²) in [5, 5.41) is 10.4. The summed E-state index contributed by atoms with van der Waals surface area (Å²) in [4.78, 5) is 4.77. The molecular weight excluding hydrogens is 363 g/mol. The van der Waals surface area contributed by atoms with E-state index in [0.717, 1.165) is 22.1 Å². The molecule has 7 heteroatoms. The predicted molar refractivity (Wildman–Crippen MR) is 102 cm³/mol. The molecule has 0 fully saturated rings. The molecule has 0 saturated carbocycles. The number of aromatic nitrogens is 4. The molecule has 0 aliphatic heterocycles. The lowest BCUT2D eigenvalue weighted by molar-refractivity contribution is 0.575. The van der Waals surface area contributed by atoms with Crippen molar-refractivity contribution in [3.63, 3.8) is 0 Å². The molecule has 0 aliphatic rings. The minimum absolute atomic E-state index is 0.243. The largest absolute Gasteiger partial charge is 0.461 e. The monoisotopic (exact) mass is 376 g/mol. The van der Waals surface area contributed by atoms with Gasteiger partial charge in [-0.05, 0) is 42.0 Å². The second-order valence-electron chi connectivity index (χ2n) is 5.99.